The summed E-state index contributed by atoms with van der Waals surface area (Å²) >= 11 is 0. The van der Waals surface area contributed by atoms with E-state index < -0.39 is 0 Å². The van der Waals surface area contributed by atoms with Gasteiger partial charge in [0.05, 0.1) is 0 Å². The van der Waals surface area contributed by atoms with Gasteiger partial charge in [-0.2, -0.15) is 0 Å². The molecule has 0 unspecified atom stereocenters. The first-order valence-corrected chi connectivity index (χ1v) is 7.15. The summed E-state index contributed by atoms with van der Waals surface area (Å²) in [5.41, 5.74) is 8.43. The summed E-state index contributed by atoms with van der Waals surface area (Å²) in [6, 6.07) is 5.41. The molecule has 0 saturated heterocycles. The predicted octanol–water partition coefficient (Wildman–Crippen LogP) is 2.88. The van der Waals surface area contributed by atoms with Crippen LogP contribution in [0.25, 0.3) is 0 Å². The molecule has 1 aliphatic rings. The van der Waals surface area contributed by atoms with Crippen molar-refractivity contribution in [2.24, 2.45) is 5.73 Å². The SMILES string of the molecule is CCCN(c1ccnc(C)c1)C1CCC(N)CC1. The molecule has 0 aliphatic heterocycles. The molecule has 1 fully saturated rings. The molecule has 0 atom stereocenters. The van der Waals surface area contributed by atoms with Gasteiger partial charge in [-0.3, -0.25) is 4.98 Å². The van der Waals surface area contributed by atoms with Crippen molar-refractivity contribution >= 4 is 5.69 Å². The topological polar surface area (TPSA) is 42.2 Å². The molecule has 1 aliphatic carbocycles. The van der Waals surface area contributed by atoms with E-state index in [4.69, 9.17) is 5.73 Å². The number of hydrogen-bond acceptors (Lipinski definition) is 3. The Balaban J connectivity index is 2.12. The van der Waals surface area contributed by atoms with Gasteiger partial charge in [-0.05, 0) is 51.2 Å². The van der Waals surface area contributed by atoms with Crippen molar-refractivity contribution in [1.29, 1.82) is 0 Å². The van der Waals surface area contributed by atoms with E-state index >= 15 is 0 Å². The van der Waals surface area contributed by atoms with Crippen molar-refractivity contribution in [2.45, 2.75) is 58.0 Å². The van der Waals surface area contributed by atoms with E-state index in [1.54, 1.807) is 0 Å². The minimum Gasteiger partial charge on any atom is -0.368 e. The van der Waals surface area contributed by atoms with Gasteiger partial charge in [-0.25, -0.2) is 0 Å². The maximum Gasteiger partial charge on any atom is 0.0402 e. The third-order valence-electron chi connectivity index (χ3n) is 3.86. The molecule has 1 aromatic heterocycles. The fourth-order valence-corrected chi connectivity index (χ4v) is 2.89. The molecule has 0 aromatic carbocycles. The minimum absolute atomic E-state index is 0.420. The van der Waals surface area contributed by atoms with Crippen molar-refractivity contribution in [3.05, 3.63) is 24.0 Å². The fraction of sp³-hybridized carbons (Fsp3) is 0.667. The number of nitrogens with zero attached hydrogens (tertiary/aromatic N) is 2. The highest BCUT2D eigenvalue weighted by atomic mass is 15.2. The average Bonchev–Trinajstić information content (AvgIpc) is 2.37. The van der Waals surface area contributed by atoms with Crippen LogP contribution in [0.15, 0.2) is 18.3 Å². The number of hydrogen-bond donors (Lipinski definition) is 1. The fourth-order valence-electron chi connectivity index (χ4n) is 2.89. The number of anilines is 1. The summed E-state index contributed by atoms with van der Waals surface area (Å²) in [6.07, 6.45) is 7.88. The Bertz CT molecular complexity index is 370. The van der Waals surface area contributed by atoms with E-state index in [0.29, 0.717) is 12.1 Å². The third kappa shape index (κ3) is 3.22. The van der Waals surface area contributed by atoms with Crippen LogP contribution in [0.4, 0.5) is 5.69 Å². The summed E-state index contributed by atoms with van der Waals surface area (Å²) in [5, 5.41) is 0. The zero-order chi connectivity index (χ0) is 13.0. The number of aryl methyl sites for hydroxylation is 1. The smallest absolute Gasteiger partial charge is 0.0402 e. The quantitative estimate of drug-likeness (QED) is 0.889. The van der Waals surface area contributed by atoms with E-state index in [2.05, 4.69) is 35.9 Å². The second-order valence-corrected chi connectivity index (χ2v) is 5.42. The molecule has 2 rings (SSSR count). The van der Waals surface area contributed by atoms with Crippen molar-refractivity contribution < 1.29 is 0 Å². The molecule has 3 heteroatoms. The van der Waals surface area contributed by atoms with Crippen LogP contribution in [-0.2, 0) is 0 Å². The Hall–Kier alpha value is -1.09. The molecule has 0 spiro atoms. The van der Waals surface area contributed by atoms with Gasteiger partial charge >= 0.3 is 0 Å². The lowest BCUT2D eigenvalue weighted by atomic mass is 9.90. The zero-order valence-electron chi connectivity index (χ0n) is 11.6. The van der Waals surface area contributed by atoms with Crippen LogP contribution in [0.3, 0.4) is 0 Å². The summed E-state index contributed by atoms with van der Waals surface area (Å²) in [4.78, 5) is 6.85. The first-order chi connectivity index (χ1) is 8.70. The summed E-state index contributed by atoms with van der Waals surface area (Å²) in [7, 11) is 0. The molecule has 2 N–H and O–H groups in total. The van der Waals surface area contributed by atoms with Gasteiger partial charge < -0.3 is 10.6 Å². The Morgan fingerprint density at radius 3 is 2.67 bits per heavy atom. The molecule has 1 aromatic rings. The first kappa shape index (κ1) is 13.3. The van der Waals surface area contributed by atoms with Gasteiger partial charge in [0.1, 0.15) is 0 Å². The Morgan fingerprint density at radius 1 is 1.33 bits per heavy atom. The number of aromatic nitrogens is 1. The molecule has 1 saturated carbocycles. The van der Waals surface area contributed by atoms with E-state index in [9.17, 15) is 0 Å². The lowest BCUT2D eigenvalue weighted by molar-refractivity contribution is 0.375. The van der Waals surface area contributed by atoms with Gasteiger partial charge in [-0.15, -0.1) is 0 Å². The second kappa shape index (κ2) is 6.19. The molecule has 0 bridgehead atoms. The molecule has 0 radical (unpaired) electrons. The Morgan fingerprint density at radius 2 is 2.06 bits per heavy atom. The molecule has 18 heavy (non-hydrogen) atoms. The molecular formula is C15H25N3. The molecule has 1 heterocycles. The van der Waals surface area contributed by atoms with E-state index in [1.165, 1.54) is 24.9 Å². The number of rotatable bonds is 4. The molecule has 3 nitrogen and oxygen atoms in total. The van der Waals surface area contributed by atoms with Crippen LogP contribution in [0.2, 0.25) is 0 Å². The number of nitrogens with two attached hydrogens (primary N) is 1. The van der Waals surface area contributed by atoms with Crippen LogP contribution in [0, 0.1) is 6.92 Å². The molecule has 0 amide bonds. The highest BCUT2D eigenvalue weighted by Gasteiger charge is 2.24. The summed E-state index contributed by atoms with van der Waals surface area (Å²) in [6.45, 7) is 5.43. The van der Waals surface area contributed by atoms with Crippen molar-refractivity contribution in [3.8, 4) is 0 Å². The summed E-state index contributed by atoms with van der Waals surface area (Å²) in [5.74, 6) is 0. The molecule has 100 valence electrons. The van der Waals surface area contributed by atoms with Gasteiger partial charge in [0.2, 0.25) is 0 Å². The van der Waals surface area contributed by atoms with E-state index in [-0.39, 0.29) is 0 Å². The maximum absolute atomic E-state index is 6.01. The van der Waals surface area contributed by atoms with Crippen LogP contribution >= 0.6 is 0 Å². The predicted molar refractivity (Wildman–Crippen MR) is 76.8 cm³/mol. The lowest BCUT2D eigenvalue weighted by Crippen LogP contribution is -2.41. The lowest BCUT2D eigenvalue weighted by Gasteiger charge is -2.37. The number of pyridine rings is 1. The minimum atomic E-state index is 0.420. The van der Waals surface area contributed by atoms with E-state index in [1.807, 2.05) is 6.20 Å². The first-order valence-electron chi connectivity index (χ1n) is 7.15. The third-order valence-corrected chi connectivity index (χ3v) is 3.86. The highest BCUT2D eigenvalue weighted by molar-refractivity contribution is 5.47. The zero-order valence-corrected chi connectivity index (χ0v) is 11.6. The normalized spacial score (nSPS) is 23.9. The molecular weight excluding hydrogens is 222 g/mol. The van der Waals surface area contributed by atoms with Crippen molar-refractivity contribution in [3.63, 3.8) is 0 Å². The average molecular weight is 247 g/mol. The Labute approximate surface area is 110 Å². The van der Waals surface area contributed by atoms with Crippen LogP contribution in [0.5, 0.6) is 0 Å². The second-order valence-electron chi connectivity index (χ2n) is 5.42. The van der Waals surface area contributed by atoms with E-state index in [0.717, 1.165) is 25.1 Å². The summed E-state index contributed by atoms with van der Waals surface area (Å²) < 4.78 is 0. The van der Waals surface area contributed by atoms with Crippen LogP contribution in [-0.4, -0.2) is 23.6 Å². The van der Waals surface area contributed by atoms with Crippen LogP contribution in [0.1, 0.15) is 44.7 Å². The van der Waals surface area contributed by atoms with Crippen molar-refractivity contribution in [2.75, 3.05) is 11.4 Å². The van der Waals surface area contributed by atoms with Gasteiger partial charge in [0.25, 0.3) is 0 Å². The standard InChI is InChI=1S/C15H25N3/c1-3-10-18(14-6-4-13(16)5-7-14)15-8-9-17-12(2)11-15/h8-9,11,13-14H,3-7,10,16H2,1-2H3. The highest BCUT2D eigenvalue weighted by Crippen LogP contribution is 2.27. The van der Waals surface area contributed by atoms with Gasteiger partial charge in [0.15, 0.2) is 0 Å². The maximum atomic E-state index is 6.01. The Kier molecular flexibility index (Phi) is 4.59. The van der Waals surface area contributed by atoms with Gasteiger partial charge in [0, 0.05) is 36.2 Å². The van der Waals surface area contributed by atoms with Crippen molar-refractivity contribution in [1.82, 2.24) is 4.98 Å². The monoisotopic (exact) mass is 247 g/mol. The van der Waals surface area contributed by atoms with Crippen LogP contribution < -0.4 is 10.6 Å². The van der Waals surface area contributed by atoms with Gasteiger partial charge in [-0.1, -0.05) is 6.92 Å². The largest absolute Gasteiger partial charge is 0.368 e.